The van der Waals surface area contributed by atoms with Crippen LogP contribution in [0.1, 0.15) is 38.1 Å². The summed E-state index contributed by atoms with van der Waals surface area (Å²) in [7, 11) is 0. The van der Waals surface area contributed by atoms with E-state index in [0.29, 0.717) is 17.3 Å². The Morgan fingerprint density at radius 1 is 1.29 bits per heavy atom. The van der Waals surface area contributed by atoms with E-state index in [4.69, 9.17) is 0 Å². The number of nitrogens with one attached hydrogen (secondary N) is 1. The SMILES string of the molecule is CS[C@H]1CCC[C@@H]1NC(=O)N1CCC(n2ccnc2)CC1. The molecule has 0 aromatic carbocycles. The van der Waals surface area contributed by atoms with E-state index in [9.17, 15) is 4.79 Å². The second kappa shape index (κ2) is 6.73. The molecular weight excluding hydrogens is 284 g/mol. The van der Waals surface area contributed by atoms with E-state index in [2.05, 4.69) is 21.1 Å². The highest BCUT2D eigenvalue weighted by Gasteiger charge is 2.30. The monoisotopic (exact) mass is 308 g/mol. The van der Waals surface area contributed by atoms with Gasteiger partial charge >= 0.3 is 6.03 Å². The summed E-state index contributed by atoms with van der Waals surface area (Å²) < 4.78 is 2.16. The number of nitrogens with zero attached hydrogens (tertiary/aromatic N) is 3. The Morgan fingerprint density at radius 3 is 2.76 bits per heavy atom. The Hall–Kier alpha value is -1.17. The van der Waals surface area contributed by atoms with Crippen LogP contribution >= 0.6 is 11.8 Å². The quantitative estimate of drug-likeness (QED) is 0.933. The fourth-order valence-corrected chi connectivity index (χ4v) is 4.41. The molecule has 1 aromatic rings. The van der Waals surface area contributed by atoms with Gasteiger partial charge in [-0.1, -0.05) is 6.42 Å². The molecule has 1 aliphatic carbocycles. The average molecular weight is 308 g/mol. The van der Waals surface area contributed by atoms with Crippen molar-refractivity contribution < 1.29 is 4.79 Å². The number of carbonyl (C=O) groups is 1. The zero-order valence-electron chi connectivity index (χ0n) is 12.6. The summed E-state index contributed by atoms with van der Waals surface area (Å²) in [6.45, 7) is 1.68. The number of amides is 2. The molecule has 2 fully saturated rings. The first-order valence-corrected chi connectivity index (χ1v) is 9.12. The largest absolute Gasteiger partial charge is 0.334 e. The zero-order chi connectivity index (χ0) is 14.7. The third-order valence-electron chi connectivity index (χ3n) is 4.76. The van der Waals surface area contributed by atoms with Crippen molar-refractivity contribution in [2.75, 3.05) is 19.3 Å². The summed E-state index contributed by atoms with van der Waals surface area (Å²) in [5.41, 5.74) is 0. The van der Waals surface area contributed by atoms with Crippen molar-refractivity contribution in [2.24, 2.45) is 0 Å². The van der Waals surface area contributed by atoms with Gasteiger partial charge in [0, 0.05) is 42.8 Å². The lowest BCUT2D eigenvalue weighted by molar-refractivity contribution is 0.168. The lowest BCUT2D eigenvalue weighted by Gasteiger charge is -2.33. The molecule has 1 aromatic heterocycles. The maximum atomic E-state index is 12.4. The summed E-state index contributed by atoms with van der Waals surface area (Å²) >= 11 is 1.88. The van der Waals surface area contributed by atoms with E-state index in [1.54, 1.807) is 0 Å². The summed E-state index contributed by atoms with van der Waals surface area (Å²) in [6, 6.07) is 0.978. The number of aromatic nitrogens is 2. The van der Waals surface area contributed by atoms with Crippen LogP contribution in [0.3, 0.4) is 0 Å². The van der Waals surface area contributed by atoms with Crippen LogP contribution in [0.25, 0.3) is 0 Å². The van der Waals surface area contributed by atoms with Gasteiger partial charge in [0.2, 0.25) is 0 Å². The summed E-state index contributed by atoms with van der Waals surface area (Å²) in [5, 5.41) is 3.84. The van der Waals surface area contributed by atoms with Gasteiger partial charge in [-0.15, -0.1) is 0 Å². The third-order valence-corrected chi connectivity index (χ3v) is 5.93. The lowest BCUT2D eigenvalue weighted by Crippen LogP contribution is -2.49. The van der Waals surface area contributed by atoms with Crippen molar-refractivity contribution >= 4 is 17.8 Å². The van der Waals surface area contributed by atoms with E-state index in [0.717, 1.165) is 32.4 Å². The molecule has 0 unspecified atom stereocenters. The van der Waals surface area contributed by atoms with Gasteiger partial charge in [-0.2, -0.15) is 11.8 Å². The second-order valence-corrected chi connectivity index (χ2v) is 7.07. The number of hydrogen-bond acceptors (Lipinski definition) is 3. The zero-order valence-corrected chi connectivity index (χ0v) is 13.4. The molecule has 2 atom stereocenters. The molecule has 116 valence electrons. The molecule has 5 nitrogen and oxygen atoms in total. The fourth-order valence-electron chi connectivity index (χ4n) is 3.48. The van der Waals surface area contributed by atoms with Crippen LogP contribution < -0.4 is 5.32 Å². The number of hydrogen-bond donors (Lipinski definition) is 1. The van der Waals surface area contributed by atoms with Crippen LogP contribution in [0.2, 0.25) is 0 Å². The van der Waals surface area contributed by atoms with E-state index in [-0.39, 0.29) is 6.03 Å². The average Bonchev–Trinajstić information content (AvgIpc) is 3.18. The minimum atomic E-state index is 0.130. The van der Waals surface area contributed by atoms with Crippen LogP contribution in [0.5, 0.6) is 0 Å². The number of imidazole rings is 1. The number of rotatable bonds is 3. The van der Waals surface area contributed by atoms with Crippen molar-refractivity contribution in [1.29, 1.82) is 0 Å². The Labute approximate surface area is 130 Å². The van der Waals surface area contributed by atoms with Crippen molar-refractivity contribution in [1.82, 2.24) is 19.8 Å². The normalized spacial score (nSPS) is 27.0. The highest BCUT2D eigenvalue weighted by Crippen LogP contribution is 2.29. The molecule has 1 saturated heterocycles. The number of piperidine rings is 1. The number of thioether (sulfide) groups is 1. The van der Waals surface area contributed by atoms with E-state index >= 15 is 0 Å². The maximum Gasteiger partial charge on any atom is 0.317 e. The Kier molecular flexibility index (Phi) is 4.73. The minimum Gasteiger partial charge on any atom is -0.334 e. The highest BCUT2D eigenvalue weighted by atomic mass is 32.2. The van der Waals surface area contributed by atoms with Crippen LogP contribution in [0.4, 0.5) is 4.79 Å². The van der Waals surface area contributed by atoms with Crippen LogP contribution in [-0.2, 0) is 0 Å². The van der Waals surface area contributed by atoms with Crippen LogP contribution in [0.15, 0.2) is 18.7 Å². The minimum absolute atomic E-state index is 0.130. The van der Waals surface area contributed by atoms with Gasteiger partial charge in [0.05, 0.1) is 6.33 Å². The van der Waals surface area contributed by atoms with Gasteiger partial charge in [-0.25, -0.2) is 9.78 Å². The van der Waals surface area contributed by atoms with Gasteiger partial charge in [-0.3, -0.25) is 0 Å². The Morgan fingerprint density at radius 2 is 2.10 bits per heavy atom. The summed E-state index contributed by atoms with van der Waals surface area (Å²) in [4.78, 5) is 18.5. The Bertz CT molecular complexity index is 456. The predicted molar refractivity (Wildman–Crippen MR) is 85.5 cm³/mol. The summed E-state index contributed by atoms with van der Waals surface area (Å²) in [5.74, 6) is 0. The molecule has 1 aliphatic heterocycles. The van der Waals surface area contributed by atoms with E-state index in [1.807, 2.05) is 35.4 Å². The van der Waals surface area contributed by atoms with Gasteiger partial charge in [0.25, 0.3) is 0 Å². The lowest BCUT2D eigenvalue weighted by atomic mass is 10.1. The standard InChI is InChI=1S/C15H24N4OS/c1-21-14-4-2-3-13(14)17-15(20)18-8-5-12(6-9-18)19-10-7-16-11-19/h7,10-14H,2-6,8-9H2,1H3,(H,17,20)/t13-,14-/m0/s1. The number of urea groups is 1. The number of likely N-dealkylation sites (tertiary alicyclic amines) is 1. The molecular formula is C15H24N4OS. The van der Waals surface area contributed by atoms with Gasteiger partial charge < -0.3 is 14.8 Å². The topological polar surface area (TPSA) is 50.2 Å². The van der Waals surface area contributed by atoms with Gasteiger partial charge in [-0.05, 0) is 31.9 Å². The molecule has 6 heteroatoms. The first-order valence-electron chi connectivity index (χ1n) is 7.83. The van der Waals surface area contributed by atoms with E-state index < -0.39 is 0 Å². The molecule has 0 bridgehead atoms. The van der Waals surface area contributed by atoms with Crippen molar-refractivity contribution in [3.05, 3.63) is 18.7 Å². The molecule has 1 N–H and O–H groups in total. The maximum absolute atomic E-state index is 12.4. The van der Waals surface area contributed by atoms with Crippen molar-refractivity contribution in [2.45, 2.75) is 49.4 Å². The smallest absolute Gasteiger partial charge is 0.317 e. The second-order valence-electron chi connectivity index (χ2n) is 5.99. The molecule has 0 spiro atoms. The molecule has 2 aliphatic rings. The fraction of sp³-hybridized carbons (Fsp3) is 0.733. The molecule has 0 radical (unpaired) electrons. The Balaban J connectivity index is 1.49. The van der Waals surface area contributed by atoms with Gasteiger partial charge in [0.1, 0.15) is 0 Å². The van der Waals surface area contributed by atoms with Crippen LogP contribution in [0, 0.1) is 0 Å². The number of carbonyl (C=O) groups excluding carboxylic acids is 1. The van der Waals surface area contributed by atoms with Crippen LogP contribution in [-0.4, -0.2) is 51.1 Å². The van der Waals surface area contributed by atoms with Gasteiger partial charge in [0.15, 0.2) is 0 Å². The highest BCUT2D eigenvalue weighted by molar-refractivity contribution is 7.99. The molecule has 3 rings (SSSR count). The first kappa shape index (κ1) is 14.8. The molecule has 2 amide bonds. The third kappa shape index (κ3) is 3.36. The predicted octanol–water partition coefficient (Wildman–Crippen LogP) is 2.51. The molecule has 1 saturated carbocycles. The van der Waals surface area contributed by atoms with Crippen molar-refractivity contribution in [3.63, 3.8) is 0 Å². The van der Waals surface area contributed by atoms with Crippen molar-refractivity contribution in [3.8, 4) is 0 Å². The first-order chi connectivity index (χ1) is 10.3. The summed E-state index contributed by atoms with van der Waals surface area (Å²) in [6.07, 6.45) is 13.5. The molecule has 21 heavy (non-hydrogen) atoms. The van der Waals surface area contributed by atoms with E-state index in [1.165, 1.54) is 12.8 Å². The molecule has 2 heterocycles.